The highest BCUT2D eigenvalue weighted by molar-refractivity contribution is 5.67. The molecular formula is C16H30O4. The molecule has 0 aliphatic heterocycles. The molecule has 0 aliphatic rings. The van der Waals surface area contributed by atoms with Gasteiger partial charge in [-0.3, -0.25) is 9.59 Å². The van der Waals surface area contributed by atoms with Crippen LogP contribution in [0.2, 0.25) is 0 Å². The van der Waals surface area contributed by atoms with E-state index in [2.05, 4.69) is 41.5 Å². The van der Waals surface area contributed by atoms with Crippen molar-refractivity contribution in [1.29, 1.82) is 0 Å². The van der Waals surface area contributed by atoms with Gasteiger partial charge in [-0.15, -0.1) is 0 Å². The van der Waals surface area contributed by atoms with Gasteiger partial charge in [0.1, 0.15) is 0 Å². The fraction of sp³-hybridized carbons (Fsp3) is 0.875. The van der Waals surface area contributed by atoms with Gasteiger partial charge in [0.15, 0.2) is 0 Å². The normalized spacial score (nSPS) is 15.7. The summed E-state index contributed by atoms with van der Waals surface area (Å²) in [5.74, 6) is -1.30. The van der Waals surface area contributed by atoms with Crippen molar-refractivity contribution < 1.29 is 19.8 Å². The number of carbonyl (C=O) groups is 2. The van der Waals surface area contributed by atoms with Crippen molar-refractivity contribution in [3.63, 3.8) is 0 Å². The maximum absolute atomic E-state index is 11.1. The molecule has 0 aromatic carbocycles. The highest BCUT2D eigenvalue weighted by Crippen LogP contribution is 2.41. The third-order valence-corrected chi connectivity index (χ3v) is 4.15. The van der Waals surface area contributed by atoms with Gasteiger partial charge in [0, 0.05) is 12.8 Å². The van der Waals surface area contributed by atoms with E-state index in [1.54, 1.807) is 0 Å². The standard InChI is InChI=1S/C16H30O4/c1-15(2,3)11(7-8-13(17)18)9-12(10-14(19)20)16(4,5)6/h11-12H,7-10H2,1-6H3,(H,17,18)(H,19,20). The predicted molar refractivity (Wildman–Crippen MR) is 79.6 cm³/mol. The highest BCUT2D eigenvalue weighted by atomic mass is 16.4. The second-order valence-electron chi connectivity index (χ2n) is 7.89. The van der Waals surface area contributed by atoms with Crippen LogP contribution in [0.5, 0.6) is 0 Å². The van der Waals surface area contributed by atoms with Crippen molar-refractivity contribution in [3.8, 4) is 0 Å². The molecule has 0 heterocycles. The van der Waals surface area contributed by atoms with Gasteiger partial charge in [-0.25, -0.2) is 0 Å². The molecular weight excluding hydrogens is 256 g/mol. The van der Waals surface area contributed by atoms with E-state index < -0.39 is 11.9 Å². The van der Waals surface area contributed by atoms with E-state index in [-0.39, 0.29) is 35.5 Å². The summed E-state index contributed by atoms with van der Waals surface area (Å²) in [6.45, 7) is 12.5. The van der Waals surface area contributed by atoms with Gasteiger partial charge >= 0.3 is 11.9 Å². The first-order chi connectivity index (χ1) is 8.84. The van der Waals surface area contributed by atoms with Crippen LogP contribution in [0.25, 0.3) is 0 Å². The van der Waals surface area contributed by atoms with E-state index in [9.17, 15) is 9.59 Å². The molecule has 0 rings (SSSR count). The van der Waals surface area contributed by atoms with Crippen LogP contribution in [0.4, 0.5) is 0 Å². The van der Waals surface area contributed by atoms with E-state index >= 15 is 0 Å². The van der Waals surface area contributed by atoms with Crippen LogP contribution in [-0.4, -0.2) is 22.2 Å². The molecule has 2 atom stereocenters. The van der Waals surface area contributed by atoms with Crippen molar-refractivity contribution >= 4 is 11.9 Å². The zero-order valence-electron chi connectivity index (χ0n) is 13.7. The lowest BCUT2D eigenvalue weighted by Gasteiger charge is -2.38. The first kappa shape index (κ1) is 18.9. The van der Waals surface area contributed by atoms with E-state index in [0.717, 1.165) is 6.42 Å². The minimum absolute atomic E-state index is 0.0164. The zero-order chi connectivity index (χ0) is 16.1. The van der Waals surface area contributed by atoms with Crippen LogP contribution in [0.3, 0.4) is 0 Å². The number of hydrogen-bond donors (Lipinski definition) is 2. The zero-order valence-corrected chi connectivity index (χ0v) is 13.7. The average Bonchev–Trinajstić information content (AvgIpc) is 2.18. The van der Waals surface area contributed by atoms with E-state index in [4.69, 9.17) is 10.2 Å². The highest BCUT2D eigenvalue weighted by Gasteiger charge is 2.34. The average molecular weight is 286 g/mol. The molecule has 2 N–H and O–H groups in total. The van der Waals surface area contributed by atoms with Crippen molar-refractivity contribution in [2.45, 2.75) is 67.2 Å². The molecule has 0 bridgehead atoms. The van der Waals surface area contributed by atoms with Crippen molar-refractivity contribution in [3.05, 3.63) is 0 Å². The van der Waals surface area contributed by atoms with Gasteiger partial charge in [0.2, 0.25) is 0 Å². The minimum Gasteiger partial charge on any atom is -0.481 e. The lowest BCUT2D eigenvalue weighted by Crippen LogP contribution is -2.31. The Bertz CT molecular complexity index is 333. The van der Waals surface area contributed by atoms with Crippen LogP contribution in [0, 0.1) is 22.7 Å². The number of aliphatic carboxylic acids is 2. The monoisotopic (exact) mass is 286 g/mol. The maximum Gasteiger partial charge on any atom is 0.303 e. The molecule has 20 heavy (non-hydrogen) atoms. The molecule has 118 valence electrons. The van der Waals surface area contributed by atoms with E-state index in [0.29, 0.717) is 6.42 Å². The van der Waals surface area contributed by atoms with Crippen LogP contribution in [0.1, 0.15) is 67.2 Å². The molecule has 0 saturated heterocycles. The van der Waals surface area contributed by atoms with Gasteiger partial charge in [-0.2, -0.15) is 0 Å². The molecule has 0 aromatic heterocycles. The second kappa shape index (κ2) is 7.09. The molecule has 0 saturated carbocycles. The quantitative estimate of drug-likeness (QED) is 0.740. The summed E-state index contributed by atoms with van der Waals surface area (Å²) >= 11 is 0. The first-order valence-corrected chi connectivity index (χ1v) is 7.27. The summed E-state index contributed by atoms with van der Waals surface area (Å²) in [6.07, 6.45) is 1.65. The molecule has 2 unspecified atom stereocenters. The maximum atomic E-state index is 11.1. The molecule has 0 radical (unpaired) electrons. The Balaban J connectivity index is 4.97. The summed E-state index contributed by atoms with van der Waals surface area (Å²) in [5, 5.41) is 18.0. The first-order valence-electron chi connectivity index (χ1n) is 7.27. The Morgan fingerprint density at radius 2 is 1.30 bits per heavy atom. The fourth-order valence-electron chi connectivity index (χ4n) is 2.50. The lowest BCUT2D eigenvalue weighted by molar-refractivity contribution is -0.140. The Hall–Kier alpha value is -1.06. The third kappa shape index (κ3) is 7.51. The molecule has 0 fully saturated rings. The largest absolute Gasteiger partial charge is 0.481 e. The summed E-state index contributed by atoms with van der Waals surface area (Å²) in [6, 6.07) is 0. The van der Waals surface area contributed by atoms with E-state index in [1.165, 1.54) is 0 Å². The third-order valence-electron chi connectivity index (χ3n) is 4.15. The Morgan fingerprint density at radius 3 is 1.60 bits per heavy atom. The number of hydrogen-bond acceptors (Lipinski definition) is 2. The summed E-state index contributed by atoms with van der Waals surface area (Å²) < 4.78 is 0. The molecule has 0 aliphatic carbocycles. The van der Waals surface area contributed by atoms with Gasteiger partial charge in [-0.05, 0) is 35.5 Å². The molecule has 0 spiro atoms. The number of rotatable bonds is 7. The van der Waals surface area contributed by atoms with E-state index in [1.807, 2.05) is 0 Å². The Labute approximate surface area is 122 Å². The second-order valence-corrected chi connectivity index (χ2v) is 7.89. The van der Waals surface area contributed by atoms with Crippen LogP contribution in [0.15, 0.2) is 0 Å². The van der Waals surface area contributed by atoms with Gasteiger partial charge in [0.05, 0.1) is 0 Å². The summed E-state index contributed by atoms with van der Waals surface area (Å²) in [4.78, 5) is 21.9. The topological polar surface area (TPSA) is 74.6 Å². The molecule has 0 amide bonds. The smallest absolute Gasteiger partial charge is 0.303 e. The van der Waals surface area contributed by atoms with Gasteiger partial charge < -0.3 is 10.2 Å². The molecule has 0 aromatic rings. The van der Waals surface area contributed by atoms with Crippen molar-refractivity contribution in [1.82, 2.24) is 0 Å². The van der Waals surface area contributed by atoms with Crippen LogP contribution >= 0.6 is 0 Å². The number of carboxylic acids is 2. The predicted octanol–water partition coefficient (Wildman–Crippen LogP) is 4.04. The summed E-state index contributed by atoms with van der Waals surface area (Å²) in [5.41, 5.74) is -0.109. The molecule has 4 nitrogen and oxygen atoms in total. The summed E-state index contributed by atoms with van der Waals surface area (Å²) in [7, 11) is 0. The fourth-order valence-corrected chi connectivity index (χ4v) is 2.50. The van der Waals surface area contributed by atoms with Crippen molar-refractivity contribution in [2.24, 2.45) is 22.7 Å². The van der Waals surface area contributed by atoms with Gasteiger partial charge in [0.25, 0.3) is 0 Å². The number of carboxylic acid groups (broad SMARTS) is 2. The SMILES string of the molecule is CC(C)(C)C(CCC(=O)O)CC(CC(=O)O)C(C)(C)C. The lowest BCUT2D eigenvalue weighted by atomic mass is 9.67. The Morgan fingerprint density at radius 1 is 0.850 bits per heavy atom. The van der Waals surface area contributed by atoms with Crippen molar-refractivity contribution in [2.75, 3.05) is 0 Å². The minimum atomic E-state index is -0.787. The van der Waals surface area contributed by atoms with Crippen LogP contribution < -0.4 is 0 Å². The van der Waals surface area contributed by atoms with Crippen LogP contribution in [-0.2, 0) is 9.59 Å². The van der Waals surface area contributed by atoms with Gasteiger partial charge in [-0.1, -0.05) is 41.5 Å². The Kier molecular flexibility index (Phi) is 6.72. The molecule has 4 heteroatoms.